The number of para-hydroxylation sites is 1. The number of benzene rings is 1. The van der Waals surface area contributed by atoms with E-state index in [9.17, 15) is 18.0 Å². The Kier molecular flexibility index (Phi) is 3.43. The Morgan fingerprint density at radius 2 is 1.89 bits per heavy atom. The Labute approximate surface area is 109 Å². The van der Waals surface area contributed by atoms with Crippen molar-refractivity contribution in [3.63, 3.8) is 0 Å². The molecule has 1 aliphatic heterocycles. The summed E-state index contributed by atoms with van der Waals surface area (Å²) in [7, 11) is 0. The van der Waals surface area contributed by atoms with E-state index in [1.54, 1.807) is 26.0 Å². The number of nitrogens with one attached hydrogen (secondary N) is 1. The number of carbonyl (C=O) groups excluding carboxylic acids is 1. The van der Waals surface area contributed by atoms with Gasteiger partial charge in [-0.15, -0.1) is 0 Å². The second kappa shape index (κ2) is 4.75. The minimum atomic E-state index is -4.35. The topological polar surface area (TPSA) is 32.3 Å². The summed E-state index contributed by atoms with van der Waals surface area (Å²) in [6.45, 7) is 3.75. The highest BCUT2D eigenvalue weighted by Gasteiger charge is 2.50. The predicted molar refractivity (Wildman–Crippen MR) is 66.1 cm³/mol. The van der Waals surface area contributed by atoms with Gasteiger partial charge in [-0.05, 0) is 31.4 Å². The molecule has 6 heteroatoms. The van der Waals surface area contributed by atoms with E-state index in [0.717, 1.165) is 16.0 Å². The summed E-state index contributed by atoms with van der Waals surface area (Å²) in [4.78, 5) is 12.7. The molecule has 2 rings (SSSR count). The molecule has 1 aromatic carbocycles. The summed E-state index contributed by atoms with van der Waals surface area (Å²) < 4.78 is 37.8. The maximum absolute atomic E-state index is 12.6. The van der Waals surface area contributed by atoms with Gasteiger partial charge in [0.2, 0.25) is 0 Å². The summed E-state index contributed by atoms with van der Waals surface area (Å²) in [5.41, 5.74) is 2.25. The Morgan fingerprint density at radius 3 is 2.32 bits per heavy atom. The van der Waals surface area contributed by atoms with Crippen molar-refractivity contribution in [3.8, 4) is 0 Å². The normalized spacial score (nSPS) is 19.0. The summed E-state index contributed by atoms with van der Waals surface area (Å²) in [5, 5.41) is 2.57. The molecule has 0 bridgehead atoms. The van der Waals surface area contributed by atoms with Crippen LogP contribution in [0.5, 0.6) is 0 Å². The monoisotopic (exact) mass is 272 g/mol. The zero-order chi connectivity index (χ0) is 14.2. The Balaban J connectivity index is 2.10. The van der Waals surface area contributed by atoms with E-state index >= 15 is 0 Å². The largest absolute Gasteiger partial charge is 0.408 e. The van der Waals surface area contributed by atoms with Crippen LogP contribution in [-0.4, -0.2) is 29.7 Å². The molecule has 1 aromatic rings. The fourth-order valence-corrected chi connectivity index (χ4v) is 2.16. The molecule has 0 aromatic heterocycles. The van der Waals surface area contributed by atoms with Crippen molar-refractivity contribution in [2.45, 2.75) is 32.5 Å². The van der Waals surface area contributed by atoms with Gasteiger partial charge in [-0.25, -0.2) is 4.79 Å². The number of anilines is 1. The third-order valence-electron chi connectivity index (χ3n) is 3.37. The zero-order valence-corrected chi connectivity index (χ0v) is 10.7. The first-order chi connectivity index (χ1) is 8.80. The van der Waals surface area contributed by atoms with E-state index < -0.39 is 18.2 Å². The summed E-state index contributed by atoms with van der Waals surface area (Å²) in [6, 6.07) is 3.10. The van der Waals surface area contributed by atoms with Crippen LogP contribution in [0.4, 0.5) is 23.7 Å². The lowest BCUT2D eigenvalue weighted by Crippen LogP contribution is -2.59. The SMILES string of the molecule is Cc1cccc(C)c1NC(=O)N1CCC1C(F)(F)F. The van der Waals surface area contributed by atoms with Gasteiger partial charge in [-0.1, -0.05) is 18.2 Å². The van der Waals surface area contributed by atoms with Crippen molar-refractivity contribution in [2.75, 3.05) is 11.9 Å². The van der Waals surface area contributed by atoms with Crippen LogP contribution in [0.25, 0.3) is 0 Å². The lowest BCUT2D eigenvalue weighted by molar-refractivity contribution is -0.198. The number of nitrogens with zero attached hydrogens (tertiary/aromatic N) is 1. The van der Waals surface area contributed by atoms with E-state index in [1.807, 2.05) is 6.07 Å². The van der Waals surface area contributed by atoms with Gasteiger partial charge in [0.15, 0.2) is 0 Å². The summed E-state index contributed by atoms with van der Waals surface area (Å²) in [5.74, 6) is 0. The number of aryl methyl sites for hydroxylation is 2. The van der Waals surface area contributed by atoms with Crippen LogP contribution in [-0.2, 0) is 0 Å². The highest BCUT2D eigenvalue weighted by molar-refractivity contribution is 5.91. The van der Waals surface area contributed by atoms with Gasteiger partial charge < -0.3 is 10.2 Å². The predicted octanol–water partition coefficient (Wildman–Crippen LogP) is 3.47. The maximum atomic E-state index is 12.6. The number of carbonyl (C=O) groups is 1. The number of likely N-dealkylation sites (tertiary alicyclic amines) is 1. The summed E-state index contributed by atoms with van der Waals surface area (Å²) in [6.07, 6.45) is -4.37. The Morgan fingerprint density at radius 1 is 1.32 bits per heavy atom. The zero-order valence-electron chi connectivity index (χ0n) is 10.7. The van der Waals surface area contributed by atoms with Crippen LogP contribution in [0.1, 0.15) is 17.5 Å². The number of hydrogen-bond donors (Lipinski definition) is 1. The van der Waals surface area contributed by atoms with Crippen LogP contribution < -0.4 is 5.32 Å². The van der Waals surface area contributed by atoms with Crippen molar-refractivity contribution in [1.29, 1.82) is 0 Å². The third kappa shape index (κ3) is 2.67. The molecule has 0 aliphatic carbocycles. The molecule has 0 saturated carbocycles. The molecule has 1 heterocycles. The maximum Gasteiger partial charge on any atom is 0.408 e. The third-order valence-corrected chi connectivity index (χ3v) is 3.37. The molecule has 2 amide bonds. The Bertz CT molecular complexity index is 479. The van der Waals surface area contributed by atoms with E-state index in [-0.39, 0.29) is 13.0 Å². The molecule has 1 aliphatic rings. The molecule has 1 unspecified atom stereocenters. The summed E-state index contributed by atoms with van der Waals surface area (Å²) >= 11 is 0. The second-order valence-corrected chi connectivity index (χ2v) is 4.74. The first-order valence-electron chi connectivity index (χ1n) is 6.01. The van der Waals surface area contributed by atoms with Crippen LogP contribution >= 0.6 is 0 Å². The van der Waals surface area contributed by atoms with Crippen molar-refractivity contribution in [1.82, 2.24) is 4.90 Å². The number of hydrogen-bond acceptors (Lipinski definition) is 1. The van der Waals surface area contributed by atoms with E-state index in [1.165, 1.54) is 0 Å². The molecule has 3 nitrogen and oxygen atoms in total. The smallest absolute Gasteiger partial charge is 0.312 e. The minimum Gasteiger partial charge on any atom is -0.312 e. The van der Waals surface area contributed by atoms with Crippen LogP contribution in [0, 0.1) is 13.8 Å². The van der Waals surface area contributed by atoms with Gasteiger partial charge in [0.1, 0.15) is 6.04 Å². The molecule has 0 spiro atoms. The van der Waals surface area contributed by atoms with Gasteiger partial charge in [0, 0.05) is 12.2 Å². The van der Waals surface area contributed by atoms with Gasteiger partial charge in [0.05, 0.1) is 0 Å². The van der Waals surface area contributed by atoms with Crippen LogP contribution in [0.15, 0.2) is 18.2 Å². The molecule has 19 heavy (non-hydrogen) atoms. The first kappa shape index (κ1) is 13.7. The molecule has 0 radical (unpaired) electrons. The fraction of sp³-hybridized carbons (Fsp3) is 0.462. The number of amides is 2. The highest BCUT2D eigenvalue weighted by atomic mass is 19.4. The molecular formula is C13H15F3N2O. The standard InChI is InChI=1S/C13H15F3N2O/c1-8-4-3-5-9(2)11(8)17-12(19)18-7-6-10(18)13(14,15)16/h3-5,10H,6-7H2,1-2H3,(H,17,19). The van der Waals surface area contributed by atoms with Crippen molar-refractivity contribution in [2.24, 2.45) is 0 Å². The lowest BCUT2D eigenvalue weighted by atomic mass is 10.0. The first-order valence-corrected chi connectivity index (χ1v) is 6.01. The molecule has 1 atom stereocenters. The Hall–Kier alpha value is -1.72. The van der Waals surface area contributed by atoms with Crippen molar-refractivity contribution < 1.29 is 18.0 Å². The molecule has 1 fully saturated rings. The number of rotatable bonds is 1. The van der Waals surface area contributed by atoms with E-state index in [0.29, 0.717) is 5.69 Å². The number of urea groups is 1. The van der Waals surface area contributed by atoms with Crippen molar-refractivity contribution >= 4 is 11.7 Å². The lowest BCUT2D eigenvalue weighted by Gasteiger charge is -2.41. The molecule has 1 saturated heterocycles. The number of halogens is 3. The minimum absolute atomic E-state index is 0.0241. The van der Waals surface area contributed by atoms with Crippen molar-refractivity contribution in [3.05, 3.63) is 29.3 Å². The van der Waals surface area contributed by atoms with Gasteiger partial charge >= 0.3 is 12.2 Å². The van der Waals surface area contributed by atoms with Gasteiger partial charge in [-0.2, -0.15) is 13.2 Å². The quantitative estimate of drug-likeness (QED) is 0.834. The molecule has 1 N–H and O–H groups in total. The van der Waals surface area contributed by atoms with Crippen LogP contribution in [0.2, 0.25) is 0 Å². The molecular weight excluding hydrogens is 257 g/mol. The fourth-order valence-electron chi connectivity index (χ4n) is 2.16. The number of alkyl halides is 3. The average Bonchev–Trinajstić information content (AvgIpc) is 2.19. The molecule has 104 valence electrons. The second-order valence-electron chi connectivity index (χ2n) is 4.74. The van der Waals surface area contributed by atoms with E-state index in [2.05, 4.69) is 5.32 Å². The van der Waals surface area contributed by atoms with Gasteiger partial charge in [-0.3, -0.25) is 0 Å². The highest BCUT2D eigenvalue weighted by Crippen LogP contribution is 2.34. The average molecular weight is 272 g/mol. The van der Waals surface area contributed by atoms with Crippen LogP contribution in [0.3, 0.4) is 0 Å². The van der Waals surface area contributed by atoms with E-state index in [4.69, 9.17) is 0 Å². The van der Waals surface area contributed by atoms with Gasteiger partial charge in [0.25, 0.3) is 0 Å².